The molecule has 2 unspecified atom stereocenters. The summed E-state index contributed by atoms with van der Waals surface area (Å²) in [6.07, 6.45) is 2.60. The van der Waals surface area contributed by atoms with Gasteiger partial charge in [0, 0.05) is 29.2 Å². The lowest BCUT2D eigenvalue weighted by molar-refractivity contribution is 0.224. The van der Waals surface area contributed by atoms with E-state index in [1.807, 2.05) is 18.2 Å². The van der Waals surface area contributed by atoms with Gasteiger partial charge in [-0.05, 0) is 62.0 Å². The van der Waals surface area contributed by atoms with E-state index in [4.69, 9.17) is 23.2 Å². The SMILES string of the molecule is CC(c1cc(Cl)ccc1Cl)N1CCC2(CCNC2)C1. The Morgan fingerprint density at radius 3 is 2.89 bits per heavy atom. The van der Waals surface area contributed by atoms with Crippen LogP contribution in [0, 0.1) is 5.41 Å². The number of halogens is 2. The van der Waals surface area contributed by atoms with Crippen molar-refractivity contribution in [1.29, 1.82) is 0 Å². The highest BCUT2D eigenvalue weighted by atomic mass is 35.5. The molecule has 2 nitrogen and oxygen atoms in total. The zero-order chi connectivity index (χ0) is 13.5. The molecular weight excluding hydrogens is 279 g/mol. The second kappa shape index (κ2) is 5.25. The molecule has 1 N–H and O–H groups in total. The molecule has 2 atom stereocenters. The standard InChI is InChI=1S/C15H20Cl2N2/c1-11(13-8-12(16)2-3-14(13)17)19-7-5-15(10-19)4-6-18-9-15/h2-3,8,11,18H,4-7,9-10H2,1H3. The van der Waals surface area contributed by atoms with Gasteiger partial charge in [-0.3, -0.25) is 4.90 Å². The zero-order valence-electron chi connectivity index (χ0n) is 11.3. The average Bonchev–Trinajstić information content (AvgIpc) is 3.03. The van der Waals surface area contributed by atoms with Crippen molar-refractivity contribution in [2.45, 2.75) is 25.8 Å². The van der Waals surface area contributed by atoms with Crippen molar-refractivity contribution in [2.24, 2.45) is 5.41 Å². The number of rotatable bonds is 2. The summed E-state index contributed by atoms with van der Waals surface area (Å²) in [7, 11) is 0. The highest BCUT2D eigenvalue weighted by Gasteiger charge is 2.41. The minimum atomic E-state index is 0.339. The van der Waals surface area contributed by atoms with Crippen LogP contribution in [0.2, 0.25) is 10.0 Å². The molecule has 4 heteroatoms. The molecule has 104 valence electrons. The fraction of sp³-hybridized carbons (Fsp3) is 0.600. The maximum atomic E-state index is 6.32. The van der Waals surface area contributed by atoms with Gasteiger partial charge < -0.3 is 5.32 Å². The van der Waals surface area contributed by atoms with Crippen molar-refractivity contribution in [2.75, 3.05) is 26.2 Å². The molecule has 0 amide bonds. The third-order valence-electron chi connectivity index (χ3n) is 4.76. The number of hydrogen-bond acceptors (Lipinski definition) is 2. The molecule has 3 rings (SSSR count). The van der Waals surface area contributed by atoms with Crippen LogP contribution < -0.4 is 5.32 Å². The second-order valence-corrected chi connectivity index (χ2v) is 6.83. The van der Waals surface area contributed by atoms with Crippen LogP contribution in [-0.4, -0.2) is 31.1 Å². The van der Waals surface area contributed by atoms with Crippen LogP contribution in [0.5, 0.6) is 0 Å². The summed E-state index contributed by atoms with van der Waals surface area (Å²) in [5.41, 5.74) is 1.65. The Bertz CT molecular complexity index is 469. The van der Waals surface area contributed by atoms with E-state index in [1.165, 1.54) is 32.5 Å². The molecule has 1 aromatic carbocycles. The monoisotopic (exact) mass is 298 g/mol. The van der Waals surface area contributed by atoms with Crippen molar-refractivity contribution >= 4 is 23.2 Å². The van der Waals surface area contributed by atoms with Crippen LogP contribution in [-0.2, 0) is 0 Å². The van der Waals surface area contributed by atoms with Gasteiger partial charge in [-0.15, -0.1) is 0 Å². The lowest BCUT2D eigenvalue weighted by atomic mass is 9.86. The molecule has 2 aliphatic rings. The smallest absolute Gasteiger partial charge is 0.0454 e. The average molecular weight is 299 g/mol. The Morgan fingerprint density at radius 2 is 2.16 bits per heavy atom. The third-order valence-corrected chi connectivity index (χ3v) is 5.34. The van der Waals surface area contributed by atoms with Crippen molar-refractivity contribution in [3.05, 3.63) is 33.8 Å². The van der Waals surface area contributed by atoms with Gasteiger partial charge in [-0.2, -0.15) is 0 Å². The Morgan fingerprint density at radius 1 is 1.32 bits per heavy atom. The molecule has 2 heterocycles. The van der Waals surface area contributed by atoms with Crippen LogP contribution in [0.3, 0.4) is 0 Å². The molecule has 2 fully saturated rings. The largest absolute Gasteiger partial charge is 0.316 e. The fourth-order valence-electron chi connectivity index (χ4n) is 3.48. The van der Waals surface area contributed by atoms with E-state index in [9.17, 15) is 0 Å². The van der Waals surface area contributed by atoms with Gasteiger partial charge in [0.1, 0.15) is 0 Å². The predicted octanol–water partition coefficient (Wildman–Crippen LogP) is 3.74. The van der Waals surface area contributed by atoms with Crippen molar-refractivity contribution < 1.29 is 0 Å². The minimum Gasteiger partial charge on any atom is -0.316 e. The van der Waals surface area contributed by atoms with E-state index in [0.717, 1.165) is 22.2 Å². The molecule has 0 saturated carbocycles. The van der Waals surface area contributed by atoms with Gasteiger partial charge in [-0.1, -0.05) is 23.2 Å². The summed E-state index contributed by atoms with van der Waals surface area (Å²) in [6.45, 7) is 6.90. The van der Waals surface area contributed by atoms with Crippen LogP contribution >= 0.6 is 23.2 Å². The van der Waals surface area contributed by atoms with Crippen LogP contribution in [0.1, 0.15) is 31.4 Å². The molecule has 2 saturated heterocycles. The van der Waals surface area contributed by atoms with Gasteiger partial charge in [0.2, 0.25) is 0 Å². The summed E-state index contributed by atoms with van der Waals surface area (Å²) < 4.78 is 0. The molecule has 0 bridgehead atoms. The van der Waals surface area contributed by atoms with E-state index in [-0.39, 0.29) is 0 Å². The molecule has 19 heavy (non-hydrogen) atoms. The minimum absolute atomic E-state index is 0.339. The van der Waals surface area contributed by atoms with Crippen molar-refractivity contribution in [3.8, 4) is 0 Å². The van der Waals surface area contributed by atoms with Crippen molar-refractivity contribution in [1.82, 2.24) is 10.2 Å². The predicted molar refractivity (Wildman–Crippen MR) is 81.0 cm³/mol. The lowest BCUT2D eigenvalue weighted by Crippen LogP contribution is -2.30. The Hall–Kier alpha value is -0.280. The number of nitrogens with zero attached hydrogens (tertiary/aromatic N) is 1. The number of benzene rings is 1. The third kappa shape index (κ3) is 2.64. The van der Waals surface area contributed by atoms with Gasteiger partial charge in [-0.25, -0.2) is 0 Å². The normalized spacial score (nSPS) is 29.2. The first-order valence-corrected chi connectivity index (χ1v) is 7.75. The summed E-state index contributed by atoms with van der Waals surface area (Å²) in [4.78, 5) is 2.55. The zero-order valence-corrected chi connectivity index (χ0v) is 12.8. The van der Waals surface area contributed by atoms with E-state index < -0.39 is 0 Å². The van der Waals surface area contributed by atoms with Crippen LogP contribution in [0.4, 0.5) is 0 Å². The van der Waals surface area contributed by atoms with E-state index in [2.05, 4.69) is 17.1 Å². The summed E-state index contributed by atoms with van der Waals surface area (Å²) >= 11 is 12.4. The molecule has 0 radical (unpaired) electrons. The molecule has 1 aromatic rings. The van der Waals surface area contributed by atoms with Gasteiger partial charge in [0.05, 0.1) is 0 Å². The fourth-order valence-corrected chi connectivity index (χ4v) is 3.93. The lowest BCUT2D eigenvalue weighted by Gasteiger charge is -2.28. The molecule has 2 aliphatic heterocycles. The summed E-state index contributed by atoms with van der Waals surface area (Å²) in [5.74, 6) is 0. The number of nitrogens with one attached hydrogen (secondary N) is 1. The van der Waals surface area contributed by atoms with Gasteiger partial charge in [0.25, 0.3) is 0 Å². The highest BCUT2D eigenvalue weighted by Crippen LogP contribution is 2.40. The van der Waals surface area contributed by atoms with E-state index >= 15 is 0 Å². The van der Waals surface area contributed by atoms with Crippen LogP contribution in [0.25, 0.3) is 0 Å². The number of likely N-dealkylation sites (tertiary alicyclic amines) is 1. The van der Waals surface area contributed by atoms with E-state index in [1.54, 1.807) is 0 Å². The summed E-state index contributed by atoms with van der Waals surface area (Å²) in [6, 6.07) is 6.10. The first kappa shape index (κ1) is 13.7. The molecule has 0 aliphatic carbocycles. The Kier molecular flexibility index (Phi) is 3.78. The first-order chi connectivity index (χ1) is 9.10. The highest BCUT2D eigenvalue weighted by molar-refractivity contribution is 6.33. The van der Waals surface area contributed by atoms with Gasteiger partial charge >= 0.3 is 0 Å². The number of hydrogen-bond donors (Lipinski definition) is 1. The summed E-state index contributed by atoms with van der Waals surface area (Å²) in [5, 5.41) is 5.09. The van der Waals surface area contributed by atoms with E-state index in [0.29, 0.717) is 11.5 Å². The molecule has 0 aromatic heterocycles. The Balaban J connectivity index is 1.77. The quantitative estimate of drug-likeness (QED) is 0.895. The first-order valence-electron chi connectivity index (χ1n) is 6.99. The second-order valence-electron chi connectivity index (χ2n) is 5.99. The van der Waals surface area contributed by atoms with Crippen molar-refractivity contribution in [3.63, 3.8) is 0 Å². The topological polar surface area (TPSA) is 15.3 Å². The molecular formula is C15H20Cl2N2. The Labute approximate surface area is 125 Å². The maximum Gasteiger partial charge on any atom is 0.0454 e. The van der Waals surface area contributed by atoms with Gasteiger partial charge in [0.15, 0.2) is 0 Å². The molecule has 1 spiro atoms. The van der Waals surface area contributed by atoms with Crippen LogP contribution in [0.15, 0.2) is 18.2 Å². The maximum absolute atomic E-state index is 6.32.